The maximum Gasteiger partial charge on any atom is 0.252 e. The van der Waals surface area contributed by atoms with E-state index in [0.717, 1.165) is 8.95 Å². The van der Waals surface area contributed by atoms with Crippen molar-refractivity contribution in [2.24, 2.45) is 0 Å². The SMILES string of the molecule is O=C(NCc1ncon1)c1cc(Br)ccc1Br. The summed E-state index contributed by atoms with van der Waals surface area (Å²) >= 11 is 6.63. The van der Waals surface area contributed by atoms with Crippen molar-refractivity contribution >= 4 is 37.8 Å². The number of carbonyl (C=O) groups excluding carboxylic acids is 1. The predicted molar refractivity (Wildman–Crippen MR) is 67.3 cm³/mol. The Kier molecular flexibility index (Phi) is 3.90. The van der Waals surface area contributed by atoms with Gasteiger partial charge in [0.25, 0.3) is 5.91 Å². The Labute approximate surface area is 114 Å². The number of amides is 1. The van der Waals surface area contributed by atoms with Crippen LogP contribution >= 0.6 is 31.9 Å². The lowest BCUT2D eigenvalue weighted by molar-refractivity contribution is 0.0949. The molecule has 0 spiro atoms. The molecule has 2 rings (SSSR count). The van der Waals surface area contributed by atoms with Crippen LogP contribution in [0.1, 0.15) is 16.2 Å². The number of aromatic nitrogens is 2. The number of nitrogens with zero attached hydrogens (tertiary/aromatic N) is 2. The van der Waals surface area contributed by atoms with E-state index in [4.69, 9.17) is 0 Å². The normalized spacial score (nSPS) is 10.2. The van der Waals surface area contributed by atoms with Gasteiger partial charge in [0.2, 0.25) is 6.39 Å². The molecule has 5 nitrogen and oxygen atoms in total. The highest BCUT2D eigenvalue weighted by atomic mass is 79.9. The number of nitrogens with one attached hydrogen (secondary N) is 1. The van der Waals surface area contributed by atoms with Crippen LogP contribution in [0.2, 0.25) is 0 Å². The molecule has 0 radical (unpaired) electrons. The topological polar surface area (TPSA) is 68.0 Å². The quantitative estimate of drug-likeness (QED) is 0.913. The molecule has 0 aliphatic carbocycles. The summed E-state index contributed by atoms with van der Waals surface area (Å²) < 4.78 is 6.13. The van der Waals surface area contributed by atoms with Crippen LogP contribution in [0.15, 0.2) is 38.1 Å². The first-order valence-corrected chi connectivity index (χ1v) is 6.24. The zero-order chi connectivity index (χ0) is 12.3. The van der Waals surface area contributed by atoms with Gasteiger partial charge in [-0.1, -0.05) is 21.1 Å². The summed E-state index contributed by atoms with van der Waals surface area (Å²) in [5.74, 6) is 0.229. The number of carbonyl (C=O) groups is 1. The Morgan fingerprint density at radius 2 is 2.24 bits per heavy atom. The van der Waals surface area contributed by atoms with Gasteiger partial charge in [-0.3, -0.25) is 4.79 Å². The van der Waals surface area contributed by atoms with Crippen LogP contribution in [0, 0.1) is 0 Å². The van der Waals surface area contributed by atoms with Crippen molar-refractivity contribution in [3.05, 3.63) is 44.9 Å². The van der Waals surface area contributed by atoms with Crippen molar-refractivity contribution in [1.29, 1.82) is 0 Å². The van der Waals surface area contributed by atoms with Gasteiger partial charge in [-0.05, 0) is 34.1 Å². The molecule has 7 heteroatoms. The Hall–Kier alpha value is -1.21. The highest BCUT2D eigenvalue weighted by Crippen LogP contribution is 2.21. The maximum atomic E-state index is 11.9. The van der Waals surface area contributed by atoms with Gasteiger partial charge < -0.3 is 9.84 Å². The van der Waals surface area contributed by atoms with Crippen LogP contribution < -0.4 is 5.32 Å². The first kappa shape index (κ1) is 12.3. The first-order chi connectivity index (χ1) is 8.16. The monoisotopic (exact) mass is 359 g/mol. The molecule has 0 atom stereocenters. The molecule has 1 N–H and O–H groups in total. The van der Waals surface area contributed by atoms with E-state index in [1.54, 1.807) is 12.1 Å². The Morgan fingerprint density at radius 3 is 2.94 bits per heavy atom. The summed E-state index contributed by atoms with van der Waals surface area (Å²) in [6, 6.07) is 5.38. The number of rotatable bonds is 3. The minimum atomic E-state index is -0.206. The van der Waals surface area contributed by atoms with Crippen LogP contribution in [0.25, 0.3) is 0 Å². The van der Waals surface area contributed by atoms with E-state index in [1.165, 1.54) is 6.39 Å². The molecule has 0 aliphatic heterocycles. The molecule has 2 aromatic rings. The molecule has 0 fully saturated rings. The molecule has 1 aromatic heterocycles. The van der Waals surface area contributed by atoms with E-state index in [-0.39, 0.29) is 12.5 Å². The average Bonchev–Trinajstić information content (AvgIpc) is 2.82. The molecule has 1 amide bonds. The van der Waals surface area contributed by atoms with Crippen molar-refractivity contribution in [2.75, 3.05) is 0 Å². The number of hydrogen-bond acceptors (Lipinski definition) is 4. The second-order valence-electron chi connectivity index (χ2n) is 3.15. The van der Waals surface area contributed by atoms with Gasteiger partial charge in [0.05, 0.1) is 12.1 Å². The van der Waals surface area contributed by atoms with Gasteiger partial charge in [0.1, 0.15) is 0 Å². The van der Waals surface area contributed by atoms with E-state index in [9.17, 15) is 4.79 Å². The third kappa shape index (κ3) is 3.13. The zero-order valence-electron chi connectivity index (χ0n) is 8.48. The molecule has 0 saturated carbocycles. The standard InChI is InChI=1S/C10H7Br2N3O2/c11-6-1-2-8(12)7(3-6)10(16)13-4-9-14-5-17-15-9/h1-3,5H,4H2,(H,13,16). The third-order valence-corrected chi connectivity index (χ3v) is 3.17. The van der Waals surface area contributed by atoms with Crippen molar-refractivity contribution in [3.8, 4) is 0 Å². The van der Waals surface area contributed by atoms with Crippen LogP contribution in [0.4, 0.5) is 0 Å². The van der Waals surface area contributed by atoms with E-state index >= 15 is 0 Å². The molecule has 0 saturated heterocycles. The molecular formula is C10H7Br2N3O2. The Morgan fingerprint density at radius 1 is 1.41 bits per heavy atom. The fourth-order valence-electron chi connectivity index (χ4n) is 1.20. The summed E-state index contributed by atoms with van der Waals surface area (Å²) in [7, 11) is 0. The summed E-state index contributed by atoms with van der Waals surface area (Å²) in [5, 5.41) is 6.29. The maximum absolute atomic E-state index is 11.9. The third-order valence-electron chi connectivity index (χ3n) is 1.99. The summed E-state index contributed by atoms with van der Waals surface area (Å²) in [6.45, 7) is 0.230. The lowest BCUT2D eigenvalue weighted by atomic mass is 10.2. The molecule has 1 heterocycles. The zero-order valence-corrected chi connectivity index (χ0v) is 11.7. The highest BCUT2D eigenvalue weighted by molar-refractivity contribution is 9.11. The first-order valence-electron chi connectivity index (χ1n) is 4.65. The summed E-state index contributed by atoms with van der Waals surface area (Å²) in [6.07, 6.45) is 1.22. The lowest BCUT2D eigenvalue weighted by Crippen LogP contribution is -2.23. The van der Waals surface area contributed by atoms with E-state index in [0.29, 0.717) is 11.4 Å². The van der Waals surface area contributed by atoms with E-state index < -0.39 is 0 Å². The molecule has 0 unspecified atom stereocenters. The van der Waals surface area contributed by atoms with Gasteiger partial charge in [-0.2, -0.15) is 4.98 Å². The van der Waals surface area contributed by atoms with Crippen molar-refractivity contribution < 1.29 is 9.32 Å². The van der Waals surface area contributed by atoms with Gasteiger partial charge in [0, 0.05) is 8.95 Å². The molecular weight excluding hydrogens is 354 g/mol. The van der Waals surface area contributed by atoms with Gasteiger partial charge in [-0.15, -0.1) is 0 Å². The molecule has 88 valence electrons. The largest absolute Gasteiger partial charge is 0.345 e. The highest BCUT2D eigenvalue weighted by Gasteiger charge is 2.11. The van der Waals surface area contributed by atoms with Gasteiger partial charge >= 0.3 is 0 Å². The fourth-order valence-corrected chi connectivity index (χ4v) is 1.98. The van der Waals surface area contributed by atoms with E-state index in [2.05, 4.69) is 51.8 Å². The lowest BCUT2D eigenvalue weighted by Gasteiger charge is -2.05. The number of benzene rings is 1. The van der Waals surface area contributed by atoms with Gasteiger partial charge in [0.15, 0.2) is 5.82 Å². The van der Waals surface area contributed by atoms with Crippen LogP contribution in [-0.4, -0.2) is 16.0 Å². The summed E-state index contributed by atoms with van der Waals surface area (Å²) in [4.78, 5) is 15.7. The molecule has 0 aliphatic rings. The van der Waals surface area contributed by atoms with Crippen LogP contribution in [0.3, 0.4) is 0 Å². The van der Waals surface area contributed by atoms with Crippen LogP contribution in [0.5, 0.6) is 0 Å². The van der Waals surface area contributed by atoms with Crippen molar-refractivity contribution in [3.63, 3.8) is 0 Å². The number of hydrogen-bond donors (Lipinski definition) is 1. The van der Waals surface area contributed by atoms with Crippen molar-refractivity contribution in [1.82, 2.24) is 15.5 Å². The predicted octanol–water partition coefficient (Wildman–Crippen LogP) is 2.52. The average molecular weight is 361 g/mol. The molecule has 17 heavy (non-hydrogen) atoms. The number of halogens is 2. The minimum absolute atomic E-state index is 0.206. The Bertz CT molecular complexity index is 528. The van der Waals surface area contributed by atoms with Gasteiger partial charge in [-0.25, -0.2) is 0 Å². The fraction of sp³-hybridized carbons (Fsp3) is 0.100. The molecule has 0 bridgehead atoms. The van der Waals surface area contributed by atoms with Crippen LogP contribution in [-0.2, 0) is 6.54 Å². The van der Waals surface area contributed by atoms with Crippen molar-refractivity contribution in [2.45, 2.75) is 6.54 Å². The minimum Gasteiger partial charge on any atom is -0.345 e. The second kappa shape index (κ2) is 5.42. The molecule has 1 aromatic carbocycles. The summed E-state index contributed by atoms with van der Waals surface area (Å²) in [5.41, 5.74) is 0.544. The smallest absolute Gasteiger partial charge is 0.252 e. The van der Waals surface area contributed by atoms with E-state index in [1.807, 2.05) is 6.07 Å². The Balaban J connectivity index is 2.07. The second-order valence-corrected chi connectivity index (χ2v) is 4.92.